The highest BCUT2D eigenvalue weighted by atomic mass is 16.4. The molecule has 1 aromatic heterocycles. The highest BCUT2D eigenvalue weighted by Crippen LogP contribution is 2.24. The third-order valence-electron chi connectivity index (χ3n) is 2.48. The second-order valence-electron chi connectivity index (χ2n) is 5.56. The fourth-order valence-electron chi connectivity index (χ4n) is 1.71. The molecule has 0 aromatic carbocycles. The number of nitriles is 1. The molecule has 0 radical (unpaired) electrons. The molecular weight excluding hydrogens is 244 g/mol. The average molecular weight is 262 g/mol. The van der Waals surface area contributed by atoms with Gasteiger partial charge >= 0.3 is 5.97 Å². The van der Waals surface area contributed by atoms with Crippen molar-refractivity contribution in [1.82, 2.24) is 9.97 Å². The number of rotatable bonds is 5. The van der Waals surface area contributed by atoms with E-state index in [1.807, 2.05) is 26.8 Å². The van der Waals surface area contributed by atoms with Crippen molar-refractivity contribution in [3.63, 3.8) is 0 Å². The number of nitrogens with one attached hydrogen (secondary N) is 1. The van der Waals surface area contributed by atoms with Gasteiger partial charge in [-0.05, 0) is 17.9 Å². The normalized spacial score (nSPS) is 12.5. The molecule has 0 fully saturated rings. The lowest BCUT2D eigenvalue weighted by atomic mass is 9.84. The molecule has 0 saturated carbocycles. The molecule has 19 heavy (non-hydrogen) atoms. The minimum Gasteiger partial charge on any atom is -0.481 e. The lowest BCUT2D eigenvalue weighted by Crippen LogP contribution is -2.28. The molecule has 0 bridgehead atoms. The summed E-state index contributed by atoms with van der Waals surface area (Å²) in [7, 11) is 0. The number of anilines is 1. The van der Waals surface area contributed by atoms with E-state index in [2.05, 4.69) is 15.3 Å². The maximum Gasteiger partial charge on any atom is 0.308 e. The first-order chi connectivity index (χ1) is 8.81. The molecule has 0 aliphatic heterocycles. The van der Waals surface area contributed by atoms with Gasteiger partial charge in [-0.1, -0.05) is 20.8 Å². The maximum atomic E-state index is 11.2. The van der Waals surface area contributed by atoms with Gasteiger partial charge in [0.15, 0.2) is 0 Å². The van der Waals surface area contributed by atoms with Gasteiger partial charge in [0.05, 0.1) is 5.92 Å². The third kappa shape index (κ3) is 5.34. The molecule has 1 heterocycles. The van der Waals surface area contributed by atoms with Crippen LogP contribution in [0.1, 0.15) is 32.9 Å². The molecule has 0 aliphatic carbocycles. The molecular formula is C13H18N4O2. The number of carboxylic acid groups (broad SMARTS) is 1. The summed E-state index contributed by atoms with van der Waals surface area (Å²) < 4.78 is 0. The van der Waals surface area contributed by atoms with Crippen molar-refractivity contribution in [2.75, 3.05) is 11.9 Å². The second-order valence-corrected chi connectivity index (χ2v) is 5.56. The van der Waals surface area contributed by atoms with E-state index in [9.17, 15) is 9.90 Å². The van der Waals surface area contributed by atoms with E-state index in [-0.39, 0.29) is 23.6 Å². The standard InChI is InChI=1S/C13H18N4O2/c1-13(2,3)6-9(11(18)19)8-16-12-15-5-4-10(7-14)17-12/h4-5,9H,6,8H2,1-3H3,(H,18,19)(H,15,16,17). The third-order valence-corrected chi connectivity index (χ3v) is 2.48. The first-order valence-corrected chi connectivity index (χ1v) is 6.01. The van der Waals surface area contributed by atoms with Crippen molar-refractivity contribution in [2.45, 2.75) is 27.2 Å². The fourth-order valence-corrected chi connectivity index (χ4v) is 1.71. The van der Waals surface area contributed by atoms with Crippen LogP contribution in [0.15, 0.2) is 12.3 Å². The van der Waals surface area contributed by atoms with Crippen molar-refractivity contribution < 1.29 is 9.90 Å². The summed E-state index contributed by atoms with van der Waals surface area (Å²) >= 11 is 0. The van der Waals surface area contributed by atoms with Crippen LogP contribution < -0.4 is 5.32 Å². The van der Waals surface area contributed by atoms with E-state index in [4.69, 9.17) is 5.26 Å². The molecule has 0 amide bonds. The predicted molar refractivity (Wildman–Crippen MR) is 70.4 cm³/mol. The van der Waals surface area contributed by atoms with Crippen LogP contribution in [-0.2, 0) is 4.79 Å². The van der Waals surface area contributed by atoms with Crippen molar-refractivity contribution in [1.29, 1.82) is 5.26 Å². The SMILES string of the molecule is CC(C)(C)CC(CNc1nccc(C#N)n1)C(=O)O. The Bertz CT molecular complexity index is 488. The number of aromatic nitrogens is 2. The topological polar surface area (TPSA) is 98.9 Å². The van der Waals surface area contributed by atoms with E-state index in [1.54, 1.807) is 0 Å². The van der Waals surface area contributed by atoms with Crippen LogP contribution in [0.2, 0.25) is 0 Å². The summed E-state index contributed by atoms with van der Waals surface area (Å²) in [4.78, 5) is 19.1. The van der Waals surface area contributed by atoms with E-state index in [1.165, 1.54) is 12.3 Å². The Hall–Kier alpha value is -2.16. The van der Waals surface area contributed by atoms with Crippen molar-refractivity contribution in [3.8, 4) is 6.07 Å². The zero-order valence-corrected chi connectivity index (χ0v) is 11.3. The van der Waals surface area contributed by atoms with E-state index >= 15 is 0 Å². The molecule has 0 saturated heterocycles. The Morgan fingerprint density at radius 2 is 2.26 bits per heavy atom. The van der Waals surface area contributed by atoms with Gasteiger partial charge < -0.3 is 10.4 Å². The molecule has 102 valence electrons. The lowest BCUT2D eigenvalue weighted by molar-refractivity contribution is -0.142. The minimum atomic E-state index is -0.848. The van der Waals surface area contributed by atoms with Gasteiger partial charge in [0, 0.05) is 12.7 Å². The van der Waals surface area contributed by atoms with Gasteiger partial charge in [-0.25, -0.2) is 9.97 Å². The van der Waals surface area contributed by atoms with E-state index < -0.39 is 11.9 Å². The highest BCUT2D eigenvalue weighted by Gasteiger charge is 2.24. The number of aliphatic carboxylic acids is 1. The van der Waals surface area contributed by atoms with Crippen LogP contribution in [-0.4, -0.2) is 27.6 Å². The van der Waals surface area contributed by atoms with Gasteiger partial charge in [0.2, 0.25) is 5.95 Å². The zero-order chi connectivity index (χ0) is 14.5. The Balaban J connectivity index is 2.66. The summed E-state index contributed by atoms with van der Waals surface area (Å²) in [5.41, 5.74) is 0.181. The summed E-state index contributed by atoms with van der Waals surface area (Å²) in [6, 6.07) is 3.40. The van der Waals surface area contributed by atoms with Crippen LogP contribution in [0, 0.1) is 22.7 Å². The maximum absolute atomic E-state index is 11.2. The van der Waals surface area contributed by atoms with Gasteiger partial charge in [-0.3, -0.25) is 4.79 Å². The summed E-state index contributed by atoms with van der Waals surface area (Å²) in [5.74, 6) is -1.09. The Labute approximate surface area is 112 Å². The Kier molecular flexibility index (Phi) is 4.81. The minimum absolute atomic E-state index is 0.0693. The van der Waals surface area contributed by atoms with Crippen molar-refractivity contribution in [3.05, 3.63) is 18.0 Å². The molecule has 1 atom stereocenters. The molecule has 0 spiro atoms. The second kappa shape index (κ2) is 6.14. The molecule has 2 N–H and O–H groups in total. The Morgan fingerprint density at radius 3 is 2.79 bits per heavy atom. The quantitative estimate of drug-likeness (QED) is 0.840. The van der Waals surface area contributed by atoms with Crippen molar-refractivity contribution in [2.24, 2.45) is 11.3 Å². The first-order valence-electron chi connectivity index (χ1n) is 6.01. The van der Waals surface area contributed by atoms with Crippen LogP contribution in [0.5, 0.6) is 0 Å². The van der Waals surface area contributed by atoms with Crippen LogP contribution >= 0.6 is 0 Å². The van der Waals surface area contributed by atoms with E-state index in [0.29, 0.717) is 6.42 Å². The highest BCUT2D eigenvalue weighted by molar-refractivity contribution is 5.70. The summed E-state index contributed by atoms with van der Waals surface area (Å²) in [6.45, 7) is 6.22. The molecule has 0 aliphatic rings. The zero-order valence-electron chi connectivity index (χ0n) is 11.3. The number of nitrogens with zero attached hydrogens (tertiary/aromatic N) is 3. The van der Waals surface area contributed by atoms with Crippen molar-refractivity contribution >= 4 is 11.9 Å². The van der Waals surface area contributed by atoms with Gasteiger partial charge in [-0.2, -0.15) is 5.26 Å². The van der Waals surface area contributed by atoms with E-state index in [0.717, 1.165) is 0 Å². The molecule has 1 aromatic rings. The van der Waals surface area contributed by atoms with Gasteiger partial charge in [-0.15, -0.1) is 0 Å². The monoisotopic (exact) mass is 262 g/mol. The number of carboxylic acids is 1. The first kappa shape index (κ1) is 14.9. The number of carbonyl (C=O) groups is 1. The van der Waals surface area contributed by atoms with Crippen LogP contribution in [0.3, 0.4) is 0 Å². The summed E-state index contributed by atoms with van der Waals surface area (Å²) in [5, 5.41) is 20.8. The largest absolute Gasteiger partial charge is 0.481 e. The fraction of sp³-hybridized carbons (Fsp3) is 0.538. The Morgan fingerprint density at radius 1 is 1.58 bits per heavy atom. The van der Waals surface area contributed by atoms with Gasteiger partial charge in [0.1, 0.15) is 11.8 Å². The number of hydrogen-bond acceptors (Lipinski definition) is 5. The molecule has 6 heteroatoms. The van der Waals surface area contributed by atoms with Crippen LogP contribution in [0.4, 0.5) is 5.95 Å². The van der Waals surface area contributed by atoms with Crippen LogP contribution in [0.25, 0.3) is 0 Å². The molecule has 1 rings (SSSR count). The smallest absolute Gasteiger partial charge is 0.308 e. The molecule has 1 unspecified atom stereocenters. The van der Waals surface area contributed by atoms with Gasteiger partial charge in [0.25, 0.3) is 0 Å². The summed E-state index contributed by atoms with van der Waals surface area (Å²) in [6.07, 6.45) is 2.01. The lowest BCUT2D eigenvalue weighted by Gasteiger charge is -2.23. The molecule has 6 nitrogen and oxygen atoms in total. The number of hydrogen-bond donors (Lipinski definition) is 2. The predicted octanol–water partition coefficient (Wildman–Crippen LogP) is 1.90. The average Bonchev–Trinajstić information content (AvgIpc) is 2.33.